The number of carbonyl (C=O) groups excluding carboxylic acids is 4. The number of nitrogens with one attached hydrogen (secondary N) is 4. The van der Waals surface area contributed by atoms with Crippen molar-refractivity contribution in [1.82, 2.24) is 40.4 Å². The molecule has 4 amide bonds. The predicted octanol–water partition coefficient (Wildman–Crippen LogP) is 8.05. The fourth-order valence-corrected chi connectivity index (χ4v) is 9.09. The van der Waals surface area contributed by atoms with Gasteiger partial charge in [-0.3, -0.25) is 9.59 Å². The quantitative estimate of drug-likeness (QED) is 0.102. The van der Waals surface area contributed by atoms with Crippen molar-refractivity contribution in [1.29, 1.82) is 0 Å². The lowest BCUT2D eigenvalue weighted by atomic mass is 9.85. The van der Waals surface area contributed by atoms with Gasteiger partial charge in [-0.1, -0.05) is 83.1 Å². The second kappa shape index (κ2) is 16.9. The maximum atomic E-state index is 13.9. The van der Waals surface area contributed by atoms with Crippen molar-refractivity contribution in [2.75, 3.05) is 27.3 Å². The second-order valence-corrected chi connectivity index (χ2v) is 18.7. The minimum Gasteiger partial charge on any atom is -0.453 e. The Morgan fingerprint density at radius 1 is 0.778 bits per heavy atom. The average molecular weight is 854 g/mol. The van der Waals surface area contributed by atoms with Crippen LogP contribution in [0.2, 0.25) is 0 Å². The third kappa shape index (κ3) is 8.71. The van der Waals surface area contributed by atoms with E-state index in [9.17, 15) is 19.2 Å². The molecule has 5 aromatic rings. The molecular formula is C48H55N9O6. The van der Waals surface area contributed by atoms with E-state index < -0.39 is 35.7 Å². The molecule has 328 valence electrons. The molecular weight excluding hydrogens is 799 g/mol. The molecule has 63 heavy (non-hydrogen) atoms. The van der Waals surface area contributed by atoms with Gasteiger partial charge in [0.1, 0.15) is 23.7 Å². The molecule has 0 bridgehead atoms. The Morgan fingerprint density at radius 2 is 1.33 bits per heavy atom. The number of rotatable bonds is 10. The molecule has 1 aliphatic carbocycles. The summed E-state index contributed by atoms with van der Waals surface area (Å²) in [5.74, 6) is 0.822. The summed E-state index contributed by atoms with van der Waals surface area (Å²) in [5.41, 5.74) is 5.20. The highest BCUT2D eigenvalue weighted by atomic mass is 16.5. The van der Waals surface area contributed by atoms with Crippen LogP contribution in [0.1, 0.15) is 84.0 Å². The molecule has 5 atom stereocenters. The normalized spacial score (nSPS) is 20.1. The maximum absolute atomic E-state index is 13.9. The van der Waals surface area contributed by atoms with Gasteiger partial charge in [0.05, 0.1) is 63.1 Å². The molecule has 15 heteroatoms. The first-order chi connectivity index (χ1) is 30.1. The van der Waals surface area contributed by atoms with Crippen molar-refractivity contribution in [2.45, 2.75) is 90.5 Å². The molecule has 0 radical (unpaired) electrons. The molecule has 1 saturated carbocycles. The second-order valence-electron chi connectivity index (χ2n) is 18.7. The molecule has 3 aliphatic rings. The van der Waals surface area contributed by atoms with Crippen LogP contribution < -0.4 is 10.6 Å². The lowest BCUT2D eigenvalue weighted by Crippen LogP contribution is -2.54. The van der Waals surface area contributed by atoms with E-state index >= 15 is 0 Å². The summed E-state index contributed by atoms with van der Waals surface area (Å²) in [6.07, 6.45) is 5.71. The largest absolute Gasteiger partial charge is 0.453 e. The number of fused-ring (bicyclic) bond motifs is 1. The number of methoxy groups -OCH3 is 2. The molecule has 15 nitrogen and oxygen atoms in total. The van der Waals surface area contributed by atoms with Crippen molar-refractivity contribution in [3.05, 3.63) is 96.1 Å². The van der Waals surface area contributed by atoms with Crippen molar-refractivity contribution in [3.8, 4) is 33.6 Å². The third-order valence-corrected chi connectivity index (χ3v) is 12.9. The zero-order valence-electron chi connectivity index (χ0n) is 36.8. The van der Waals surface area contributed by atoms with Crippen molar-refractivity contribution in [3.63, 3.8) is 0 Å². The number of ether oxygens (including phenoxy) is 2. The van der Waals surface area contributed by atoms with Gasteiger partial charge in [-0.15, -0.1) is 0 Å². The summed E-state index contributed by atoms with van der Waals surface area (Å²) in [7, 11) is 2.56. The summed E-state index contributed by atoms with van der Waals surface area (Å²) >= 11 is 0. The van der Waals surface area contributed by atoms with E-state index in [4.69, 9.17) is 21.0 Å². The van der Waals surface area contributed by atoms with Gasteiger partial charge in [0.2, 0.25) is 17.9 Å². The van der Waals surface area contributed by atoms with Crippen LogP contribution in [-0.2, 0) is 19.1 Å². The fourth-order valence-electron chi connectivity index (χ4n) is 9.09. The van der Waals surface area contributed by atoms with E-state index in [1.54, 1.807) is 11.1 Å². The summed E-state index contributed by atoms with van der Waals surface area (Å²) < 4.78 is 9.63. The van der Waals surface area contributed by atoms with Crippen LogP contribution in [-0.4, -0.2) is 99.2 Å². The van der Waals surface area contributed by atoms with Gasteiger partial charge in [-0.25, -0.2) is 26.1 Å². The highest BCUT2D eigenvalue weighted by molar-refractivity contribution is 5.91. The number of hydrogen-bond donors (Lipinski definition) is 4. The average Bonchev–Trinajstić information content (AvgIpc) is 3.78. The molecule has 3 fully saturated rings. The number of hydrogen-bond acceptors (Lipinski definition) is 8. The third-order valence-electron chi connectivity index (χ3n) is 12.9. The monoisotopic (exact) mass is 853 g/mol. The SMILES string of the molecule is [C-]#[N+][C@H]1C[C@@H](c2ncc(-c3ccc(-c4ccc5cc(-c6cnc([C@@H]7CC8(CC8)CN7C(=O)[C@@H](NC(=O)OC)C(C)C)[nH]6)ccc5c4)cc3)[nH]2)N(C(=O)[C@@H](NC(=O)OC)C(C)(C)C)C1. The number of amides is 4. The van der Waals surface area contributed by atoms with Gasteiger partial charge < -0.3 is 44.7 Å². The molecule has 0 unspecified atom stereocenters. The number of likely N-dealkylation sites (tertiary alicyclic amines) is 2. The van der Waals surface area contributed by atoms with Crippen LogP contribution in [0, 0.1) is 23.3 Å². The predicted molar refractivity (Wildman–Crippen MR) is 238 cm³/mol. The van der Waals surface area contributed by atoms with Crippen LogP contribution in [0.15, 0.2) is 73.1 Å². The number of benzene rings is 3. The van der Waals surface area contributed by atoms with E-state index in [1.807, 2.05) is 57.8 Å². The van der Waals surface area contributed by atoms with Gasteiger partial charge >= 0.3 is 12.2 Å². The number of nitrogens with zero attached hydrogens (tertiary/aromatic N) is 5. The van der Waals surface area contributed by atoms with Crippen LogP contribution in [0.5, 0.6) is 0 Å². The standard InChI is InChI=1S/C48H55N9O6/c1-27(2)39(54-45(60)62-7)43(58)57-26-48(17-18-48)22-38(57)42-51-24-36(53-42)33-16-15-31-19-30(13-14-32(31)20-33)28-9-11-29(12-10-28)35-23-50-41(52-35)37-21-34(49-6)25-56(37)44(59)40(47(3,4)5)55-46(61)63-8/h9-16,19-20,23-24,27,34,37-40H,17-18,21-22,25-26H2,1-5,7-8H3,(H,50,52)(H,51,53)(H,54,60)(H,55,61)/t34-,37-,38-,39-,40+/m0/s1. The van der Waals surface area contributed by atoms with Crippen LogP contribution in [0.25, 0.3) is 49.3 Å². The van der Waals surface area contributed by atoms with E-state index in [0.29, 0.717) is 18.8 Å². The molecule has 4 N–H and O–H groups in total. The van der Waals surface area contributed by atoms with Crippen LogP contribution >= 0.6 is 0 Å². The Morgan fingerprint density at radius 3 is 1.92 bits per heavy atom. The number of alkyl carbamates (subject to hydrolysis) is 2. The van der Waals surface area contributed by atoms with Crippen LogP contribution in [0.3, 0.4) is 0 Å². The summed E-state index contributed by atoms with van der Waals surface area (Å²) in [6.45, 7) is 18.1. The van der Waals surface area contributed by atoms with Gasteiger partial charge in [-0.2, -0.15) is 0 Å². The van der Waals surface area contributed by atoms with E-state index in [2.05, 4.69) is 79.0 Å². The highest BCUT2D eigenvalue weighted by Crippen LogP contribution is 2.58. The summed E-state index contributed by atoms with van der Waals surface area (Å²) in [4.78, 5) is 75.9. The van der Waals surface area contributed by atoms with E-state index in [1.165, 1.54) is 14.2 Å². The van der Waals surface area contributed by atoms with Gasteiger partial charge in [0.25, 0.3) is 0 Å². The Kier molecular flexibility index (Phi) is 11.5. The smallest absolute Gasteiger partial charge is 0.407 e. The molecule has 8 rings (SSSR count). The Balaban J connectivity index is 0.965. The molecule has 2 aromatic heterocycles. The molecule has 4 heterocycles. The maximum Gasteiger partial charge on any atom is 0.407 e. The molecule has 2 aliphatic heterocycles. The van der Waals surface area contributed by atoms with Crippen molar-refractivity contribution < 1.29 is 28.7 Å². The summed E-state index contributed by atoms with van der Waals surface area (Å²) in [5, 5.41) is 7.61. The Hall–Kier alpha value is -6.69. The topological polar surface area (TPSA) is 179 Å². The van der Waals surface area contributed by atoms with Crippen LogP contribution in [0.4, 0.5) is 9.59 Å². The highest BCUT2D eigenvalue weighted by Gasteiger charge is 2.55. The first kappa shape index (κ1) is 43.0. The summed E-state index contributed by atoms with van der Waals surface area (Å²) in [6, 6.07) is 18.3. The number of imidazole rings is 2. The van der Waals surface area contributed by atoms with Gasteiger partial charge in [0, 0.05) is 12.1 Å². The zero-order chi connectivity index (χ0) is 44.8. The Labute approximate surface area is 367 Å². The fraction of sp³-hybridized carbons (Fsp3) is 0.438. The minimum atomic E-state index is -0.855. The first-order valence-electron chi connectivity index (χ1n) is 21.5. The van der Waals surface area contributed by atoms with Crippen molar-refractivity contribution in [2.24, 2.45) is 16.7 Å². The lowest BCUT2D eigenvalue weighted by Gasteiger charge is -2.34. The molecule has 3 aromatic carbocycles. The van der Waals surface area contributed by atoms with Crippen molar-refractivity contribution >= 4 is 34.8 Å². The van der Waals surface area contributed by atoms with Gasteiger partial charge in [0.15, 0.2) is 0 Å². The number of H-pyrrole nitrogens is 2. The molecule has 1 spiro atoms. The molecule has 2 saturated heterocycles. The Bertz CT molecular complexity index is 2580. The van der Waals surface area contributed by atoms with E-state index in [0.717, 1.165) is 69.5 Å². The van der Waals surface area contributed by atoms with Gasteiger partial charge in [-0.05, 0) is 75.6 Å². The number of carbonyl (C=O) groups is 4. The number of aromatic amines is 2. The zero-order valence-corrected chi connectivity index (χ0v) is 36.8. The number of aromatic nitrogens is 4. The lowest BCUT2D eigenvalue weighted by molar-refractivity contribution is -0.137. The first-order valence-corrected chi connectivity index (χ1v) is 21.5. The van der Waals surface area contributed by atoms with E-state index in [-0.39, 0.29) is 41.8 Å². The minimum absolute atomic E-state index is 0.110.